The van der Waals surface area contributed by atoms with Crippen molar-refractivity contribution < 1.29 is 9.53 Å². The van der Waals surface area contributed by atoms with Crippen molar-refractivity contribution >= 4 is 5.78 Å². The van der Waals surface area contributed by atoms with Gasteiger partial charge in [-0.15, -0.1) is 0 Å². The van der Waals surface area contributed by atoms with Gasteiger partial charge >= 0.3 is 0 Å². The van der Waals surface area contributed by atoms with E-state index in [9.17, 15) is 4.79 Å². The molecular weight excluding hydrogens is 214 g/mol. The first kappa shape index (κ1) is 12.3. The van der Waals surface area contributed by atoms with Gasteiger partial charge in [-0.1, -0.05) is 25.1 Å². The molecule has 3 heteroatoms. The minimum atomic E-state index is 0.0772. The molecule has 2 rings (SSSR count). The highest BCUT2D eigenvalue weighted by atomic mass is 16.5. The third-order valence-corrected chi connectivity index (χ3v) is 3.27. The molecule has 3 nitrogen and oxygen atoms in total. The van der Waals surface area contributed by atoms with Crippen molar-refractivity contribution in [2.24, 2.45) is 0 Å². The van der Waals surface area contributed by atoms with E-state index < -0.39 is 0 Å². The fourth-order valence-corrected chi connectivity index (χ4v) is 2.26. The van der Waals surface area contributed by atoms with Crippen LogP contribution in [0.5, 0.6) is 0 Å². The Morgan fingerprint density at radius 1 is 1.53 bits per heavy atom. The van der Waals surface area contributed by atoms with E-state index in [1.165, 1.54) is 0 Å². The van der Waals surface area contributed by atoms with Crippen LogP contribution in [-0.2, 0) is 4.74 Å². The van der Waals surface area contributed by atoms with Gasteiger partial charge in [0.1, 0.15) is 0 Å². The molecule has 1 atom stereocenters. The molecule has 0 spiro atoms. The second-order valence-electron chi connectivity index (χ2n) is 4.36. The van der Waals surface area contributed by atoms with Gasteiger partial charge in [0.05, 0.1) is 12.7 Å². The Labute approximate surface area is 102 Å². The van der Waals surface area contributed by atoms with E-state index in [-0.39, 0.29) is 11.9 Å². The monoisotopic (exact) mass is 233 g/mol. The summed E-state index contributed by atoms with van der Waals surface area (Å²) in [5.74, 6) is 0.202. The van der Waals surface area contributed by atoms with Gasteiger partial charge < -0.3 is 10.1 Å². The summed E-state index contributed by atoms with van der Waals surface area (Å²) in [6, 6.07) is 5.91. The average Bonchev–Trinajstić information content (AvgIpc) is 2.39. The summed E-state index contributed by atoms with van der Waals surface area (Å²) in [5, 5.41) is 3.31. The third kappa shape index (κ3) is 2.56. The normalized spacial score (nSPS) is 20.2. The summed E-state index contributed by atoms with van der Waals surface area (Å²) in [7, 11) is 0. The lowest BCUT2D eigenvalue weighted by Gasteiger charge is -2.25. The molecule has 0 saturated carbocycles. The topological polar surface area (TPSA) is 38.3 Å². The van der Waals surface area contributed by atoms with Crippen molar-refractivity contribution in [1.82, 2.24) is 5.32 Å². The predicted octanol–water partition coefficient (Wildman–Crippen LogP) is 2.25. The number of ether oxygens (including phenoxy) is 1. The molecule has 1 aliphatic heterocycles. The highest BCUT2D eigenvalue weighted by Crippen LogP contribution is 2.25. The number of morpholine rings is 1. The maximum Gasteiger partial charge on any atom is 0.162 e. The number of carbonyl (C=O) groups excluding carboxylic acids is 1. The fraction of sp³-hybridized carbons (Fsp3) is 0.500. The number of benzene rings is 1. The van der Waals surface area contributed by atoms with Crippen LogP contribution in [0.25, 0.3) is 0 Å². The molecule has 0 aromatic heterocycles. The summed E-state index contributed by atoms with van der Waals surface area (Å²) in [4.78, 5) is 11.8. The van der Waals surface area contributed by atoms with E-state index in [1.807, 2.05) is 26.0 Å². The summed E-state index contributed by atoms with van der Waals surface area (Å²) in [5.41, 5.74) is 3.03. The molecule has 0 amide bonds. The lowest BCUT2D eigenvalue weighted by Crippen LogP contribution is -2.33. The Kier molecular flexibility index (Phi) is 3.92. The smallest absolute Gasteiger partial charge is 0.162 e. The van der Waals surface area contributed by atoms with Crippen molar-refractivity contribution in [3.05, 3.63) is 34.9 Å². The lowest BCUT2D eigenvalue weighted by molar-refractivity contribution is 0.0273. The predicted molar refractivity (Wildman–Crippen MR) is 67.4 cm³/mol. The van der Waals surface area contributed by atoms with E-state index in [1.54, 1.807) is 0 Å². The Morgan fingerprint density at radius 2 is 2.35 bits per heavy atom. The second-order valence-corrected chi connectivity index (χ2v) is 4.36. The fourth-order valence-electron chi connectivity index (χ4n) is 2.26. The molecule has 17 heavy (non-hydrogen) atoms. The van der Waals surface area contributed by atoms with Gasteiger partial charge in [0, 0.05) is 25.1 Å². The standard InChI is InChI=1S/C14H19NO2/c1-3-13(16)11-5-4-6-12(10(11)2)14-9-15-7-8-17-14/h4-6,14-15H,3,7-9H2,1-2H3. The van der Waals surface area contributed by atoms with Crippen LogP contribution in [-0.4, -0.2) is 25.5 Å². The maximum absolute atomic E-state index is 11.8. The molecule has 1 unspecified atom stereocenters. The van der Waals surface area contributed by atoms with Crippen molar-refractivity contribution in [1.29, 1.82) is 0 Å². The lowest BCUT2D eigenvalue weighted by atomic mass is 9.95. The van der Waals surface area contributed by atoms with Gasteiger partial charge in [-0.05, 0) is 18.1 Å². The van der Waals surface area contributed by atoms with Crippen LogP contribution < -0.4 is 5.32 Å². The van der Waals surface area contributed by atoms with E-state index in [0.717, 1.165) is 36.4 Å². The zero-order chi connectivity index (χ0) is 12.3. The van der Waals surface area contributed by atoms with Crippen molar-refractivity contribution in [3.8, 4) is 0 Å². The molecule has 1 heterocycles. The third-order valence-electron chi connectivity index (χ3n) is 3.27. The van der Waals surface area contributed by atoms with Crippen LogP contribution in [0.2, 0.25) is 0 Å². The molecule has 1 aromatic carbocycles. The zero-order valence-electron chi connectivity index (χ0n) is 10.5. The number of rotatable bonds is 3. The highest BCUT2D eigenvalue weighted by Gasteiger charge is 2.19. The molecular formula is C14H19NO2. The molecule has 92 valence electrons. The number of Topliss-reactive ketones (excluding diaryl/α,β-unsaturated/α-hetero) is 1. The van der Waals surface area contributed by atoms with Crippen molar-refractivity contribution in [2.45, 2.75) is 26.4 Å². The van der Waals surface area contributed by atoms with E-state index >= 15 is 0 Å². The summed E-state index contributed by atoms with van der Waals surface area (Å²) >= 11 is 0. The van der Waals surface area contributed by atoms with Gasteiger partial charge in [0.25, 0.3) is 0 Å². The second kappa shape index (κ2) is 5.43. The molecule has 1 aromatic rings. The van der Waals surface area contributed by atoms with E-state index in [0.29, 0.717) is 6.42 Å². The molecule has 1 N–H and O–H groups in total. The molecule has 1 aliphatic rings. The van der Waals surface area contributed by atoms with E-state index in [4.69, 9.17) is 4.74 Å². The van der Waals surface area contributed by atoms with Crippen LogP contribution in [0.15, 0.2) is 18.2 Å². The molecule has 0 radical (unpaired) electrons. The van der Waals surface area contributed by atoms with Gasteiger partial charge in [-0.3, -0.25) is 4.79 Å². The minimum Gasteiger partial charge on any atom is -0.371 e. The van der Waals surface area contributed by atoms with Gasteiger partial charge in [0.2, 0.25) is 0 Å². The number of ketones is 1. The Morgan fingerprint density at radius 3 is 3.00 bits per heavy atom. The molecule has 1 fully saturated rings. The highest BCUT2D eigenvalue weighted by molar-refractivity contribution is 5.97. The SMILES string of the molecule is CCC(=O)c1cccc(C2CNCCO2)c1C. The average molecular weight is 233 g/mol. The van der Waals surface area contributed by atoms with Crippen LogP contribution in [0, 0.1) is 6.92 Å². The largest absolute Gasteiger partial charge is 0.371 e. The zero-order valence-corrected chi connectivity index (χ0v) is 10.5. The van der Waals surface area contributed by atoms with Gasteiger partial charge in [0.15, 0.2) is 5.78 Å². The van der Waals surface area contributed by atoms with Gasteiger partial charge in [-0.25, -0.2) is 0 Å². The molecule has 0 bridgehead atoms. The Hall–Kier alpha value is -1.19. The first-order chi connectivity index (χ1) is 8.24. The van der Waals surface area contributed by atoms with Gasteiger partial charge in [-0.2, -0.15) is 0 Å². The van der Waals surface area contributed by atoms with Crippen LogP contribution >= 0.6 is 0 Å². The number of nitrogens with one attached hydrogen (secondary N) is 1. The summed E-state index contributed by atoms with van der Waals surface area (Å²) in [6.07, 6.45) is 0.627. The Balaban J connectivity index is 2.31. The number of hydrogen-bond acceptors (Lipinski definition) is 3. The van der Waals surface area contributed by atoms with Crippen LogP contribution in [0.1, 0.15) is 40.9 Å². The van der Waals surface area contributed by atoms with E-state index in [2.05, 4.69) is 11.4 Å². The maximum atomic E-state index is 11.8. The quantitative estimate of drug-likeness (QED) is 0.814. The Bertz CT molecular complexity index is 409. The van der Waals surface area contributed by atoms with Crippen LogP contribution in [0.3, 0.4) is 0 Å². The first-order valence-corrected chi connectivity index (χ1v) is 6.19. The van der Waals surface area contributed by atoms with Crippen molar-refractivity contribution in [3.63, 3.8) is 0 Å². The summed E-state index contributed by atoms with van der Waals surface area (Å²) < 4.78 is 5.74. The first-order valence-electron chi connectivity index (χ1n) is 6.19. The summed E-state index contributed by atoms with van der Waals surface area (Å²) in [6.45, 7) is 6.37. The van der Waals surface area contributed by atoms with Crippen molar-refractivity contribution in [2.75, 3.05) is 19.7 Å². The molecule has 1 saturated heterocycles. The minimum absolute atomic E-state index is 0.0772. The molecule has 0 aliphatic carbocycles. The van der Waals surface area contributed by atoms with Crippen LogP contribution in [0.4, 0.5) is 0 Å². The number of hydrogen-bond donors (Lipinski definition) is 1. The number of carbonyl (C=O) groups is 1.